The highest BCUT2D eigenvalue weighted by Crippen LogP contribution is 2.49. The molecule has 2 heteroatoms. The molecule has 0 saturated carbocycles. The molecule has 0 spiro atoms. The number of hydrogen-bond acceptors (Lipinski definition) is 2. The maximum Gasteiger partial charge on any atom is 0.136 e. The molecule has 194 valence electrons. The average molecular weight is 551 g/mol. The third kappa shape index (κ3) is 2.87. The van der Waals surface area contributed by atoms with Gasteiger partial charge in [-0.2, -0.15) is 0 Å². The quantitative estimate of drug-likeness (QED) is 0.154. The highest BCUT2D eigenvalue weighted by atomic mass is 32.1. The summed E-state index contributed by atoms with van der Waals surface area (Å²) in [5.41, 5.74) is 7.02. The summed E-state index contributed by atoms with van der Waals surface area (Å²) in [6.45, 7) is 0. The van der Waals surface area contributed by atoms with Crippen molar-refractivity contribution in [2.45, 2.75) is 0 Å². The van der Waals surface area contributed by atoms with Crippen LogP contribution in [0.2, 0.25) is 0 Å². The Morgan fingerprint density at radius 3 is 1.74 bits per heavy atom. The fraction of sp³-hybridized carbons (Fsp3) is 0. The molecule has 1 nitrogen and oxygen atoms in total. The van der Waals surface area contributed by atoms with Gasteiger partial charge in [0, 0.05) is 30.9 Å². The topological polar surface area (TPSA) is 13.1 Å². The van der Waals surface area contributed by atoms with E-state index in [9.17, 15) is 0 Å². The normalized spacial score (nSPS) is 12.3. The summed E-state index contributed by atoms with van der Waals surface area (Å²) >= 11 is 1.88. The first-order valence-corrected chi connectivity index (χ1v) is 15.2. The minimum absolute atomic E-state index is 0.946. The highest BCUT2D eigenvalue weighted by Gasteiger charge is 2.22. The van der Waals surface area contributed by atoms with Gasteiger partial charge in [0.05, 0.1) is 0 Å². The Hall–Kier alpha value is -5.18. The van der Waals surface area contributed by atoms with E-state index in [0.717, 1.165) is 11.2 Å². The molecule has 10 aromatic rings. The van der Waals surface area contributed by atoms with Gasteiger partial charge < -0.3 is 4.42 Å². The minimum atomic E-state index is 0.946. The molecule has 0 atom stereocenters. The van der Waals surface area contributed by atoms with Crippen molar-refractivity contribution in [2.75, 3.05) is 0 Å². The van der Waals surface area contributed by atoms with Gasteiger partial charge in [-0.15, -0.1) is 11.3 Å². The Kier molecular flexibility index (Phi) is 4.39. The zero-order chi connectivity index (χ0) is 27.4. The largest absolute Gasteiger partial charge is 0.456 e. The van der Waals surface area contributed by atoms with E-state index in [1.54, 1.807) is 0 Å². The first-order chi connectivity index (χ1) is 20.8. The molecule has 0 radical (unpaired) electrons. The second-order valence-electron chi connectivity index (χ2n) is 11.2. The van der Waals surface area contributed by atoms with Gasteiger partial charge >= 0.3 is 0 Å². The second kappa shape index (κ2) is 8.19. The summed E-state index contributed by atoms with van der Waals surface area (Å²) in [5.74, 6) is 0. The van der Waals surface area contributed by atoms with Crippen molar-refractivity contribution in [3.05, 3.63) is 133 Å². The van der Waals surface area contributed by atoms with Crippen LogP contribution in [0.4, 0.5) is 0 Å². The third-order valence-corrected chi connectivity index (χ3v) is 10.2. The van der Waals surface area contributed by atoms with E-state index < -0.39 is 0 Å². The molecular weight excluding hydrogens is 529 g/mol. The smallest absolute Gasteiger partial charge is 0.136 e. The maximum absolute atomic E-state index is 6.33. The van der Waals surface area contributed by atoms with Crippen LogP contribution in [-0.2, 0) is 0 Å². The molecule has 10 rings (SSSR count). The Morgan fingerprint density at radius 1 is 0.357 bits per heavy atom. The van der Waals surface area contributed by atoms with E-state index in [0.29, 0.717) is 0 Å². The Labute approximate surface area is 245 Å². The number of fused-ring (bicyclic) bond motifs is 5. The van der Waals surface area contributed by atoms with Gasteiger partial charge in [-0.25, -0.2) is 0 Å². The fourth-order valence-electron chi connectivity index (χ4n) is 7.36. The first kappa shape index (κ1) is 22.5. The second-order valence-corrected chi connectivity index (χ2v) is 12.3. The molecule has 0 aliphatic rings. The van der Waals surface area contributed by atoms with Crippen LogP contribution in [0.5, 0.6) is 0 Å². The van der Waals surface area contributed by atoms with Crippen LogP contribution in [0.1, 0.15) is 0 Å². The van der Waals surface area contributed by atoms with Crippen LogP contribution < -0.4 is 0 Å². The van der Waals surface area contributed by atoms with Crippen molar-refractivity contribution in [3.8, 4) is 22.3 Å². The Balaban J connectivity index is 1.39. The van der Waals surface area contributed by atoms with E-state index in [4.69, 9.17) is 4.42 Å². The summed E-state index contributed by atoms with van der Waals surface area (Å²) in [5, 5.41) is 12.6. The highest BCUT2D eigenvalue weighted by molar-refractivity contribution is 7.25. The van der Waals surface area contributed by atoms with Gasteiger partial charge in [-0.05, 0) is 84.9 Å². The number of thiophene rings is 1. The SMILES string of the molecule is c1cc2ccc3c(-c4c5ccccc5c(-c5cccc6sc7ccccc7c56)c5ccccc45)ccc4oc(c1)c2c43. The minimum Gasteiger partial charge on any atom is -0.456 e. The lowest BCUT2D eigenvalue weighted by atomic mass is 9.83. The van der Waals surface area contributed by atoms with Crippen molar-refractivity contribution in [2.24, 2.45) is 0 Å². The van der Waals surface area contributed by atoms with Gasteiger partial charge in [0.25, 0.3) is 0 Å². The van der Waals surface area contributed by atoms with Crippen molar-refractivity contribution < 1.29 is 4.42 Å². The van der Waals surface area contributed by atoms with Crippen molar-refractivity contribution >= 4 is 85.8 Å². The van der Waals surface area contributed by atoms with Crippen LogP contribution in [0.15, 0.2) is 138 Å². The summed E-state index contributed by atoms with van der Waals surface area (Å²) in [7, 11) is 0. The van der Waals surface area contributed by atoms with Crippen LogP contribution in [0, 0.1) is 0 Å². The van der Waals surface area contributed by atoms with Crippen molar-refractivity contribution in [3.63, 3.8) is 0 Å². The van der Waals surface area contributed by atoms with E-state index in [2.05, 4.69) is 133 Å². The number of benzene rings is 8. The van der Waals surface area contributed by atoms with E-state index in [-0.39, 0.29) is 0 Å². The van der Waals surface area contributed by atoms with Gasteiger partial charge in [0.15, 0.2) is 0 Å². The fourth-order valence-corrected chi connectivity index (χ4v) is 8.49. The van der Waals surface area contributed by atoms with E-state index in [1.165, 1.54) is 85.5 Å². The molecule has 0 aliphatic heterocycles. The molecule has 0 N–H and O–H groups in total. The summed E-state index contributed by atoms with van der Waals surface area (Å²) in [6, 6.07) is 48.8. The molecule has 0 unspecified atom stereocenters. The van der Waals surface area contributed by atoms with Crippen LogP contribution in [0.3, 0.4) is 0 Å². The number of hydrogen-bond donors (Lipinski definition) is 0. The van der Waals surface area contributed by atoms with E-state index in [1.807, 2.05) is 11.3 Å². The summed E-state index contributed by atoms with van der Waals surface area (Å²) in [4.78, 5) is 0. The molecule has 0 aliphatic carbocycles. The van der Waals surface area contributed by atoms with Gasteiger partial charge in [0.1, 0.15) is 11.2 Å². The monoisotopic (exact) mass is 550 g/mol. The predicted octanol–water partition coefficient (Wildman–Crippen LogP) is 12.2. The molecule has 42 heavy (non-hydrogen) atoms. The maximum atomic E-state index is 6.33. The first-order valence-electron chi connectivity index (χ1n) is 14.4. The van der Waals surface area contributed by atoms with Gasteiger partial charge in [0.2, 0.25) is 0 Å². The number of furan rings is 1. The Morgan fingerprint density at radius 2 is 0.976 bits per heavy atom. The molecule has 0 fully saturated rings. The van der Waals surface area contributed by atoms with Gasteiger partial charge in [-0.3, -0.25) is 0 Å². The molecule has 2 heterocycles. The molecule has 0 bridgehead atoms. The Bertz CT molecular complexity index is 2630. The lowest BCUT2D eigenvalue weighted by Gasteiger charge is -2.19. The van der Waals surface area contributed by atoms with Gasteiger partial charge in [-0.1, -0.05) is 103 Å². The third-order valence-electron chi connectivity index (χ3n) is 9.04. The van der Waals surface area contributed by atoms with Crippen LogP contribution in [0.25, 0.3) is 96.7 Å². The summed E-state index contributed by atoms with van der Waals surface area (Å²) < 4.78 is 8.98. The molecule has 0 amide bonds. The zero-order valence-electron chi connectivity index (χ0n) is 22.5. The predicted molar refractivity (Wildman–Crippen MR) is 181 cm³/mol. The lowest BCUT2D eigenvalue weighted by molar-refractivity contribution is 0.669. The zero-order valence-corrected chi connectivity index (χ0v) is 23.3. The average Bonchev–Trinajstić information content (AvgIpc) is 3.62. The summed E-state index contributed by atoms with van der Waals surface area (Å²) in [6.07, 6.45) is 0. The van der Waals surface area contributed by atoms with Crippen LogP contribution in [-0.4, -0.2) is 0 Å². The molecule has 8 aromatic carbocycles. The van der Waals surface area contributed by atoms with Crippen molar-refractivity contribution in [1.29, 1.82) is 0 Å². The lowest BCUT2D eigenvalue weighted by Crippen LogP contribution is -1.92. The standard InChI is InChI=1S/C40H22OS/c1-3-12-26-24(10-1)37(28-21-22-33-40-29(28)20-19-23-9-7-16-32(41-33)36(23)40)25-11-2-4-13-27(25)38(26)31-15-8-18-35-39(31)30-14-5-6-17-34(30)42-35/h1-22H. The number of rotatable bonds is 2. The molecule has 0 saturated heterocycles. The van der Waals surface area contributed by atoms with E-state index >= 15 is 0 Å². The van der Waals surface area contributed by atoms with Crippen LogP contribution >= 0.6 is 11.3 Å². The molecule has 2 aromatic heterocycles. The van der Waals surface area contributed by atoms with Crippen molar-refractivity contribution in [1.82, 2.24) is 0 Å². The molecular formula is C40H22OS.